The van der Waals surface area contributed by atoms with Gasteiger partial charge in [-0.15, -0.1) is 0 Å². The van der Waals surface area contributed by atoms with E-state index in [0.29, 0.717) is 0 Å². The lowest BCUT2D eigenvalue weighted by Gasteiger charge is -1.94. The van der Waals surface area contributed by atoms with Crippen LogP contribution in [0.15, 0.2) is 4.79 Å². The molecule has 0 aliphatic rings. The minimum absolute atomic E-state index is 0.191. The Balaban J connectivity index is 3.46. The summed E-state index contributed by atoms with van der Waals surface area (Å²) < 4.78 is 12.3. The number of nitrogen functional groups attached to an aromatic ring is 2. The Hall–Kier alpha value is -1.59. The first kappa shape index (κ1) is 6.53. The molecular formula is C4H5FN4O. The van der Waals surface area contributed by atoms with Crippen LogP contribution in [0.4, 0.5) is 16.2 Å². The highest BCUT2D eigenvalue weighted by Crippen LogP contribution is 1.98. The molecule has 5 N–H and O–H groups in total. The Bertz CT molecular complexity index is 307. The number of rotatable bonds is 0. The van der Waals surface area contributed by atoms with Crippen LogP contribution in [0, 0.1) is 5.82 Å². The summed E-state index contributed by atoms with van der Waals surface area (Å²) in [5, 5.41) is 0. The fourth-order valence-corrected chi connectivity index (χ4v) is 0.494. The fraction of sp³-hybridized carbons (Fsp3) is 0. The maximum atomic E-state index is 12.3. The summed E-state index contributed by atoms with van der Waals surface area (Å²) in [6.45, 7) is 0. The number of aromatic nitrogens is 2. The van der Waals surface area contributed by atoms with Crippen LogP contribution in [0.25, 0.3) is 0 Å². The fourth-order valence-electron chi connectivity index (χ4n) is 0.494. The predicted octanol–water partition coefficient (Wildman–Crippen LogP) is -0.927. The number of H-pyrrole nitrogens is 1. The summed E-state index contributed by atoms with van der Waals surface area (Å²) in [4.78, 5) is 15.6. The lowest BCUT2D eigenvalue weighted by Crippen LogP contribution is -2.17. The number of nitrogens with two attached hydrogens (primary N) is 2. The minimum Gasteiger partial charge on any atom is -0.381 e. The Morgan fingerprint density at radius 2 is 2.10 bits per heavy atom. The van der Waals surface area contributed by atoms with Crippen molar-refractivity contribution in [1.82, 2.24) is 9.97 Å². The summed E-state index contributed by atoms with van der Waals surface area (Å²) in [6.07, 6.45) is 0. The zero-order valence-corrected chi connectivity index (χ0v) is 4.89. The van der Waals surface area contributed by atoms with E-state index in [0.717, 1.165) is 0 Å². The maximum Gasteiger partial charge on any atom is 0.290 e. The van der Waals surface area contributed by atoms with Crippen molar-refractivity contribution in [3.63, 3.8) is 0 Å². The van der Waals surface area contributed by atoms with Gasteiger partial charge in [0.05, 0.1) is 0 Å². The third kappa shape index (κ3) is 0.903. The Labute approximate surface area is 54.9 Å². The number of hydrogen-bond acceptors (Lipinski definition) is 4. The molecule has 1 heterocycles. The van der Waals surface area contributed by atoms with Gasteiger partial charge < -0.3 is 11.5 Å². The molecule has 1 aromatic rings. The van der Waals surface area contributed by atoms with E-state index in [1.54, 1.807) is 0 Å². The molecule has 0 saturated carbocycles. The molecule has 0 aliphatic carbocycles. The molecule has 0 unspecified atom stereocenters. The van der Waals surface area contributed by atoms with Gasteiger partial charge >= 0.3 is 0 Å². The molecule has 0 spiro atoms. The molecule has 1 rings (SSSR count). The van der Waals surface area contributed by atoms with Crippen LogP contribution < -0.4 is 17.0 Å². The number of nitrogens with one attached hydrogen (secondary N) is 1. The van der Waals surface area contributed by atoms with Gasteiger partial charge in [-0.2, -0.15) is 9.37 Å². The number of nitrogens with zero attached hydrogens (tertiary/aromatic N) is 1. The summed E-state index contributed by atoms with van der Waals surface area (Å²) >= 11 is 0. The van der Waals surface area contributed by atoms with Gasteiger partial charge in [-0.1, -0.05) is 0 Å². The van der Waals surface area contributed by atoms with E-state index < -0.39 is 17.2 Å². The molecule has 0 saturated heterocycles. The van der Waals surface area contributed by atoms with Crippen molar-refractivity contribution in [1.29, 1.82) is 0 Å². The highest BCUT2D eigenvalue weighted by molar-refractivity contribution is 5.33. The molecule has 0 fully saturated rings. The minimum atomic E-state index is -1.10. The molecule has 0 aromatic carbocycles. The smallest absolute Gasteiger partial charge is 0.290 e. The summed E-state index contributed by atoms with van der Waals surface area (Å²) in [6, 6.07) is 0. The molecule has 10 heavy (non-hydrogen) atoms. The van der Waals surface area contributed by atoms with Crippen molar-refractivity contribution in [2.24, 2.45) is 0 Å². The van der Waals surface area contributed by atoms with Crippen LogP contribution in [0.3, 0.4) is 0 Å². The molecule has 6 heteroatoms. The highest BCUT2D eigenvalue weighted by Gasteiger charge is 2.04. The second kappa shape index (κ2) is 1.98. The third-order valence-corrected chi connectivity index (χ3v) is 0.907. The van der Waals surface area contributed by atoms with Crippen molar-refractivity contribution < 1.29 is 4.39 Å². The van der Waals surface area contributed by atoms with E-state index in [2.05, 4.69) is 4.98 Å². The van der Waals surface area contributed by atoms with Gasteiger partial charge in [-0.25, -0.2) is 0 Å². The lowest BCUT2D eigenvalue weighted by atomic mass is 10.5. The van der Waals surface area contributed by atoms with Gasteiger partial charge in [-0.3, -0.25) is 9.78 Å². The molecule has 0 amide bonds. The van der Waals surface area contributed by atoms with Crippen LogP contribution in [0.1, 0.15) is 0 Å². The Morgan fingerprint density at radius 3 is 2.60 bits per heavy atom. The van der Waals surface area contributed by atoms with E-state index in [9.17, 15) is 9.18 Å². The lowest BCUT2D eigenvalue weighted by molar-refractivity contribution is 0.607. The van der Waals surface area contributed by atoms with Crippen LogP contribution in [0.2, 0.25) is 0 Å². The van der Waals surface area contributed by atoms with E-state index in [1.807, 2.05) is 4.98 Å². The summed E-state index contributed by atoms with van der Waals surface area (Å²) in [5.74, 6) is -1.78. The second-order valence-corrected chi connectivity index (χ2v) is 1.65. The summed E-state index contributed by atoms with van der Waals surface area (Å²) in [7, 11) is 0. The van der Waals surface area contributed by atoms with Gasteiger partial charge in [-0.05, 0) is 0 Å². The van der Waals surface area contributed by atoms with Crippen LogP contribution in [0.5, 0.6) is 0 Å². The highest BCUT2D eigenvalue weighted by atomic mass is 19.1. The SMILES string of the molecule is Nc1nc(N)c(F)c(=O)[nH]1. The first-order valence-electron chi connectivity index (χ1n) is 2.42. The van der Waals surface area contributed by atoms with Gasteiger partial charge in [0.1, 0.15) is 0 Å². The van der Waals surface area contributed by atoms with Crippen molar-refractivity contribution in [3.05, 3.63) is 16.2 Å². The molecule has 54 valence electrons. The summed E-state index contributed by atoms with van der Waals surface area (Å²) in [5.41, 5.74) is 9.00. The number of anilines is 2. The normalized spacial score (nSPS) is 9.70. The molecule has 0 radical (unpaired) electrons. The van der Waals surface area contributed by atoms with Gasteiger partial charge in [0.25, 0.3) is 5.56 Å². The van der Waals surface area contributed by atoms with E-state index in [-0.39, 0.29) is 5.95 Å². The van der Waals surface area contributed by atoms with Gasteiger partial charge in [0, 0.05) is 0 Å². The molecular weight excluding hydrogens is 139 g/mol. The number of aromatic amines is 1. The third-order valence-electron chi connectivity index (χ3n) is 0.907. The average molecular weight is 144 g/mol. The van der Waals surface area contributed by atoms with Crippen LogP contribution >= 0.6 is 0 Å². The standard InChI is InChI=1S/C4H5FN4O/c5-1-2(6)8-4(7)9-3(1)10/h(H5,6,7,8,9,10). The molecule has 1 aromatic heterocycles. The largest absolute Gasteiger partial charge is 0.381 e. The first-order chi connectivity index (χ1) is 4.61. The molecule has 0 bridgehead atoms. The molecule has 5 nitrogen and oxygen atoms in total. The van der Waals surface area contributed by atoms with Gasteiger partial charge in [0.2, 0.25) is 11.8 Å². The van der Waals surface area contributed by atoms with Gasteiger partial charge in [0.15, 0.2) is 5.82 Å². The first-order valence-corrected chi connectivity index (χ1v) is 2.42. The molecule has 0 aliphatic heterocycles. The van der Waals surface area contributed by atoms with Crippen molar-refractivity contribution >= 4 is 11.8 Å². The Kier molecular flexibility index (Phi) is 1.29. The van der Waals surface area contributed by atoms with E-state index in [4.69, 9.17) is 11.5 Å². The predicted molar refractivity (Wildman–Crippen MR) is 33.6 cm³/mol. The van der Waals surface area contributed by atoms with Crippen molar-refractivity contribution in [2.45, 2.75) is 0 Å². The maximum absolute atomic E-state index is 12.3. The Morgan fingerprint density at radius 1 is 1.50 bits per heavy atom. The van der Waals surface area contributed by atoms with Crippen LogP contribution in [-0.2, 0) is 0 Å². The van der Waals surface area contributed by atoms with Crippen molar-refractivity contribution in [3.8, 4) is 0 Å². The average Bonchev–Trinajstić information content (AvgIpc) is 1.82. The van der Waals surface area contributed by atoms with Crippen LogP contribution in [-0.4, -0.2) is 9.97 Å². The topological polar surface area (TPSA) is 97.8 Å². The van der Waals surface area contributed by atoms with E-state index >= 15 is 0 Å². The monoisotopic (exact) mass is 144 g/mol. The quantitative estimate of drug-likeness (QED) is 0.438. The van der Waals surface area contributed by atoms with E-state index in [1.165, 1.54) is 0 Å². The zero-order chi connectivity index (χ0) is 7.72. The second-order valence-electron chi connectivity index (χ2n) is 1.65. The molecule has 0 atom stereocenters. The number of halogens is 1. The number of hydrogen-bond donors (Lipinski definition) is 3. The van der Waals surface area contributed by atoms with Crippen molar-refractivity contribution in [2.75, 3.05) is 11.5 Å². The zero-order valence-electron chi connectivity index (χ0n) is 4.89.